The second kappa shape index (κ2) is 5.12. The van der Waals surface area contributed by atoms with Crippen molar-refractivity contribution in [2.24, 2.45) is 11.7 Å². The molecule has 15 heavy (non-hydrogen) atoms. The van der Waals surface area contributed by atoms with Crippen molar-refractivity contribution in [1.29, 1.82) is 0 Å². The lowest BCUT2D eigenvalue weighted by atomic mass is 10.1. The van der Waals surface area contributed by atoms with Gasteiger partial charge < -0.3 is 10.5 Å². The standard InChI is InChI=1S/C12H17NOS/c1-8-4-5-9(2)11(6-8)14-7-10(3)12(13)15/h4-6,10H,7H2,1-3H3,(H2,13,15). The van der Waals surface area contributed by atoms with Crippen LogP contribution in [0.4, 0.5) is 0 Å². The second-order valence-electron chi connectivity index (χ2n) is 3.88. The van der Waals surface area contributed by atoms with Crippen molar-refractivity contribution in [3.05, 3.63) is 29.3 Å². The number of benzene rings is 1. The molecule has 0 aliphatic carbocycles. The van der Waals surface area contributed by atoms with E-state index in [0.717, 1.165) is 11.3 Å². The highest BCUT2D eigenvalue weighted by atomic mass is 32.1. The van der Waals surface area contributed by atoms with Gasteiger partial charge in [0.25, 0.3) is 0 Å². The molecule has 2 nitrogen and oxygen atoms in total. The normalized spacial score (nSPS) is 12.2. The van der Waals surface area contributed by atoms with Gasteiger partial charge in [-0.15, -0.1) is 0 Å². The van der Waals surface area contributed by atoms with Crippen molar-refractivity contribution in [2.45, 2.75) is 20.8 Å². The van der Waals surface area contributed by atoms with Crippen molar-refractivity contribution in [1.82, 2.24) is 0 Å². The average molecular weight is 223 g/mol. The third-order valence-electron chi connectivity index (χ3n) is 2.32. The Bertz CT molecular complexity index is 363. The number of rotatable bonds is 4. The molecule has 1 aromatic rings. The molecule has 1 unspecified atom stereocenters. The third kappa shape index (κ3) is 3.51. The second-order valence-corrected chi connectivity index (χ2v) is 4.35. The van der Waals surface area contributed by atoms with Crippen LogP contribution in [0.2, 0.25) is 0 Å². The molecule has 1 atom stereocenters. The van der Waals surface area contributed by atoms with E-state index >= 15 is 0 Å². The molecule has 0 heterocycles. The van der Waals surface area contributed by atoms with Crippen LogP contribution in [-0.4, -0.2) is 11.6 Å². The van der Waals surface area contributed by atoms with Crippen molar-refractivity contribution in [3.8, 4) is 5.75 Å². The van der Waals surface area contributed by atoms with Crippen LogP contribution in [0.25, 0.3) is 0 Å². The highest BCUT2D eigenvalue weighted by Gasteiger charge is 2.07. The van der Waals surface area contributed by atoms with Crippen molar-refractivity contribution < 1.29 is 4.74 Å². The van der Waals surface area contributed by atoms with Gasteiger partial charge in [-0.25, -0.2) is 0 Å². The van der Waals surface area contributed by atoms with Crippen LogP contribution in [0.15, 0.2) is 18.2 Å². The molecule has 0 saturated heterocycles. The zero-order chi connectivity index (χ0) is 11.4. The maximum absolute atomic E-state index is 5.67. The Morgan fingerprint density at radius 1 is 1.47 bits per heavy atom. The Morgan fingerprint density at radius 2 is 2.13 bits per heavy atom. The van der Waals surface area contributed by atoms with Crippen LogP contribution in [0.1, 0.15) is 18.1 Å². The minimum atomic E-state index is 0.111. The van der Waals surface area contributed by atoms with Crippen molar-refractivity contribution in [3.63, 3.8) is 0 Å². The summed E-state index contributed by atoms with van der Waals surface area (Å²) in [5.74, 6) is 1.03. The van der Waals surface area contributed by atoms with Crippen molar-refractivity contribution >= 4 is 17.2 Å². The van der Waals surface area contributed by atoms with E-state index in [0.29, 0.717) is 11.6 Å². The third-order valence-corrected chi connectivity index (χ3v) is 2.72. The van der Waals surface area contributed by atoms with Gasteiger partial charge in [-0.05, 0) is 31.0 Å². The molecule has 0 saturated carbocycles. The minimum absolute atomic E-state index is 0.111. The highest BCUT2D eigenvalue weighted by molar-refractivity contribution is 7.80. The molecule has 82 valence electrons. The molecule has 0 amide bonds. The molecule has 0 bridgehead atoms. The fourth-order valence-electron chi connectivity index (χ4n) is 1.16. The van der Waals surface area contributed by atoms with Crippen LogP contribution in [-0.2, 0) is 0 Å². The van der Waals surface area contributed by atoms with E-state index in [-0.39, 0.29) is 5.92 Å². The van der Waals surface area contributed by atoms with Crippen LogP contribution in [0, 0.1) is 19.8 Å². The zero-order valence-corrected chi connectivity index (χ0v) is 10.2. The van der Waals surface area contributed by atoms with E-state index in [1.54, 1.807) is 0 Å². The lowest BCUT2D eigenvalue weighted by Crippen LogP contribution is -2.24. The van der Waals surface area contributed by atoms with E-state index in [4.69, 9.17) is 22.7 Å². The van der Waals surface area contributed by atoms with Gasteiger partial charge in [-0.1, -0.05) is 31.3 Å². The summed E-state index contributed by atoms with van der Waals surface area (Å²) < 4.78 is 5.67. The largest absolute Gasteiger partial charge is 0.493 e. The van der Waals surface area contributed by atoms with Gasteiger partial charge >= 0.3 is 0 Å². The van der Waals surface area contributed by atoms with Gasteiger partial charge in [-0.3, -0.25) is 0 Å². The summed E-state index contributed by atoms with van der Waals surface area (Å²) in [4.78, 5) is 0.500. The number of aryl methyl sites for hydroxylation is 2. The molecular formula is C12H17NOS. The predicted molar refractivity (Wildman–Crippen MR) is 67.4 cm³/mol. The number of ether oxygens (including phenoxy) is 1. The maximum Gasteiger partial charge on any atom is 0.122 e. The summed E-state index contributed by atoms with van der Waals surface area (Å²) in [6.45, 7) is 6.58. The first-order chi connectivity index (χ1) is 7.00. The topological polar surface area (TPSA) is 35.2 Å². The smallest absolute Gasteiger partial charge is 0.122 e. The van der Waals surface area contributed by atoms with E-state index in [9.17, 15) is 0 Å². The quantitative estimate of drug-likeness (QED) is 0.797. The number of thiocarbonyl (C=S) groups is 1. The summed E-state index contributed by atoms with van der Waals surface area (Å²) in [7, 11) is 0. The highest BCUT2D eigenvalue weighted by Crippen LogP contribution is 2.19. The van der Waals surface area contributed by atoms with Gasteiger partial charge in [0, 0.05) is 5.92 Å². The average Bonchev–Trinajstić information content (AvgIpc) is 2.18. The van der Waals surface area contributed by atoms with Crippen LogP contribution >= 0.6 is 12.2 Å². The Labute approximate surface area is 96.4 Å². The molecular weight excluding hydrogens is 206 g/mol. The fourth-order valence-corrected chi connectivity index (χ4v) is 1.23. The van der Waals surface area contributed by atoms with Gasteiger partial charge in [0.15, 0.2) is 0 Å². The molecule has 3 heteroatoms. The zero-order valence-electron chi connectivity index (χ0n) is 9.41. The molecule has 2 N–H and O–H groups in total. The molecule has 0 aromatic heterocycles. The maximum atomic E-state index is 5.67. The van der Waals surface area contributed by atoms with Crippen molar-refractivity contribution in [2.75, 3.05) is 6.61 Å². The van der Waals surface area contributed by atoms with Gasteiger partial charge in [0.1, 0.15) is 5.75 Å². The first-order valence-corrected chi connectivity index (χ1v) is 5.41. The first kappa shape index (κ1) is 12.0. The Morgan fingerprint density at radius 3 is 2.73 bits per heavy atom. The van der Waals surface area contributed by atoms with Gasteiger partial charge in [-0.2, -0.15) is 0 Å². The summed E-state index contributed by atoms with van der Waals surface area (Å²) in [5.41, 5.74) is 7.85. The Balaban J connectivity index is 2.65. The molecule has 0 aliphatic heterocycles. The van der Waals surface area contributed by atoms with E-state index < -0.39 is 0 Å². The lowest BCUT2D eigenvalue weighted by molar-refractivity contribution is 0.291. The molecule has 0 fully saturated rings. The summed E-state index contributed by atoms with van der Waals surface area (Å²) >= 11 is 4.89. The lowest BCUT2D eigenvalue weighted by Gasteiger charge is -2.13. The van der Waals surface area contributed by atoms with E-state index in [1.807, 2.05) is 26.8 Å². The number of nitrogens with two attached hydrogens (primary N) is 1. The van der Waals surface area contributed by atoms with Crippen LogP contribution in [0.5, 0.6) is 5.75 Å². The van der Waals surface area contributed by atoms with E-state index in [2.05, 4.69) is 12.1 Å². The Kier molecular flexibility index (Phi) is 4.09. The fraction of sp³-hybridized carbons (Fsp3) is 0.417. The van der Waals surface area contributed by atoms with Gasteiger partial charge in [0.05, 0.1) is 11.6 Å². The van der Waals surface area contributed by atoms with Crippen LogP contribution < -0.4 is 10.5 Å². The number of hydrogen-bond acceptors (Lipinski definition) is 2. The SMILES string of the molecule is Cc1ccc(C)c(OCC(C)C(N)=S)c1. The van der Waals surface area contributed by atoms with Crippen LogP contribution in [0.3, 0.4) is 0 Å². The summed E-state index contributed by atoms with van der Waals surface area (Å²) in [6.07, 6.45) is 0. The van der Waals surface area contributed by atoms with E-state index in [1.165, 1.54) is 5.56 Å². The molecule has 1 aromatic carbocycles. The predicted octanol–water partition coefficient (Wildman–Crippen LogP) is 2.60. The molecule has 0 spiro atoms. The van der Waals surface area contributed by atoms with Gasteiger partial charge in [0.2, 0.25) is 0 Å². The summed E-state index contributed by atoms with van der Waals surface area (Å²) in [6, 6.07) is 6.15. The minimum Gasteiger partial charge on any atom is -0.493 e. The molecule has 1 rings (SSSR count). The number of hydrogen-bond donors (Lipinski definition) is 1. The molecule has 0 radical (unpaired) electrons. The first-order valence-electron chi connectivity index (χ1n) is 5.00. The molecule has 0 aliphatic rings. The summed E-state index contributed by atoms with van der Waals surface area (Å²) in [5, 5.41) is 0. The monoisotopic (exact) mass is 223 g/mol. The Hall–Kier alpha value is -1.09.